The second-order valence-electron chi connectivity index (χ2n) is 3.90. The van der Waals surface area contributed by atoms with E-state index in [0.29, 0.717) is 0 Å². The zero-order valence-corrected chi connectivity index (χ0v) is 17.1. The quantitative estimate of drug-likeness (QED) is 0.394. The van der Waals surface area contributed by atoms with Crippen LogP contribution in [-0.2, 0) is 20.2 Å². The minimum Gasteiger partial charge on any atom is -0.744 e. The van der Waals surface area contributed by atoms with E-state index in [9.17, 15) is 36.2 Å². The van der Waals surface area contributed by atoms with Gasteiger partial charge >= 0.3 is 59.1 Å². The molecule has 0 saturated heterocycles. The van der Waals surface area contributed by atoms with Gasteiger partial charge in [-0.05, 0) is 35.0 Å². The zero-order chi connectivity index (χ0) is 15.3. The molecule has 2 aromatic carbocycles. The Labute approximate surface area is 170 Å². The fourth-order valence-corrected chi connectivity index (χ4v) is 2.86. The Morgan fingerprint density at radius 1 is 0.682 bits per heavy atom. The van der Waals surface area contributed by atoms with Gasteiger partial charge in [-0.1, -0.05) is 0 Å². The second-order valence-corrected chi connectivity index (χ2v) is 6.59. The molecule has 0 aliphatic carbocycles. The van der Waals surface area contributed by atoms with Gasteiger partial charge in [-0.15, -0.1) is 0 Å². The number of fused-ring (bicyclic) bond motifs is 1. The summed E-state index contributed by atoms with van der Waals surface area (Å²) < 4.78 is 65.4. The Kier molecular flexibility index (Phi) is 7.38. The van der Waals surface area contributed by atoms with E-state index in [2.05, 4.69) is 0 Å². The van der Waals surface area contributed by atoms with Crippen molar-refractivity contribution >= 4 is 31.0 Å². The molecular weight excluding hydrogens is 358 g/mol. The maximum atomic E-state index is 10.9. The van der Waals surface area contributed by atoms with Crippen molar-refractivity contribution in [3.63, 3.8) is 0 Å². The SMILES string of the molecule is O=S(=O)([O-])c1cc2cc(S(=O)(=O)[O-])c(O)cc2cc1O.[Na+].[Na+]. The number of phenolic OH excluding ortho intramolecular Hbond substituents is 2. The molecule has 0 saturated carbocycles. The van der Waals surface area contributed by atoms with Crippen LogP contribution in [0.2, 0.25) is 0 Å². The number of aromatic hydroxyl groups is 2. The largest absolute Gasteiger partial charge is 1.00 e. The van der Waals surface area contributed by atoms with E-state index in [1.807, 2.05) is 0 Å². The predicted octanol–water partition coefficient (Wildman–Crippen LogP) is -5.93. The fourth-order valence-electron chi connectivity index (χ4n) is 1.68. The molecular formula is C10H6Na2O8S2. The molecule has 2 aromatic rings. The molecule has 2 rings (SSSR count). The molecule has 2 N–H and O–H groups in total. The van der Waals surface area contributed by atoms with Crippen molar-refractivity contribution in [1.29, 1.82) is 0 Å². The first kappa shape index (κ1) is 22.1. The van der Waals surface area contributed by atoms with Crippen molar-refractivity contribution < 1.29 is 95.3 Å². The Hall–Kier alpha value is 0.120. The molecule has 0 radical (unpaired) electrons. The average molecular weight is 364 g/mol. The standard InChI is InChI=1S/C10H8O8S2.2Na/c11-7-1-5-2-8(12)10(20(16,17)18)4-6(5)3-9(7)19(13,14)15;;/h1-4,11-12H,(H,13,14,15)(H,16,17,18);;/q;2*+1/p-2. The van der Waals surface area contributed by atoms with Crippen molar-refractivity contribution in [2.24, 2.45) is 0 Å². The van der Waals surface area contributed by atoms with Crippen LogP contribution >= 0.6 is 0 Å². The van der Waals surface area contributed by atoms with Gasteiger partial charge in [0.15, 0.2) is 0 Å². The second kappa shape index (κ2) is 7.34. The Balaban J connectivity index is 0.00000220. The monoisotopic (exact) mass is 364 g/mol. The summed E-state index contributed by atoms with van der Waals surface area (Å²) in [5.41, 5.74) is 0. The molecule has 0 bridgehead atoms. The summed E-state index contributed by atoms with van der Waals surface area (Å²) in [6, 6.07) is 3.17. The van der Waals surface area contributed by atoms with Gasteiger partial charge in [0.25, 0.3) is 0 Å². The van der Waals surface area contributed by atoms with Crippen LogP contribution in [0.5, 0.6) is 11.5 Å². The minimum atomic E-state index is -4.97. The van der Waals surface area contributed by atoms with Gasteiger partial charge in [-0.25, -0.2) is 16.8 Å². The number of phenols is 2. The third kappa shape index (κ3) is 4.57. The first-order valence-corrected chi connectivity index (χ1v) is 7.73. The van der Waals surface area contributed by atoms with Crippen LogP contribution in [0.15, 0.2) is 34.1 Å². The number of hydrogen-bond donors (Lipinski definition) is 2. The van der Waals surface area contributed by atoms with E-state index in [1.54, 1.807) is 0 Å². The van der Waals surface area contributed by atoms with E-state index in [0.717, 1.165) is 24.3 Å². The van der Waals surface area contributed by atoms with Gasteiger partial charge in [-0.2, -0.15) is 0 Å². The van der Waals surface area contributed by atoms with Gasteiger partial charge in [0.2, 0.25) is 0 Å². The third-order valence-electron chi connectivity index (χ3n) is 2.53. The van der Waals surface area contributed by atoms with Crippen LogP contribution in [0.3, 0.4) is 0 Å². The number of benzene rings is 2. The molecule has 8 nitrogen and oxygen atoms in total. The molecule has 0 aliphatic rings. The summed E-state index contributed by atoms with van der Waals surface area (Å²) in [5.74, 6) is -1.69. The third-order valence-corrected chi connectivity index (χ3v) is 4.27. The maximum Gasteiger partial charge on any atom is 1.00 e. The smallest absolute Gasteiger partial charge is 0.744 e. The Morgan fingerprint density at radius 3 is 1.23 bits per heavy atom. The van der Waals surface area contributed by atoms with E-state index in [4.69, 9.17) is 0 Å². The summed E-state index contributed by atoms with van der Waals surface area (Å²) in [5, 5.41) is 18.8. The summed E-state index contributed by atoms with van der Waals surface area (Å²) >= 11 is 0. The molecule has 0 spiro atoms. The van der Waals surface area contributed by atoms with Crippen molar-refractivity contribution in [3.8, 4) is 11.5 Å². The Bertz CT molecular complexity index is 849. The van der Waals surface area contributed by atoms with Crippen molar-refractivity contribution in [3.05, 3.63) is 24.3 Å². The number of rotatable bonds is 2. The van der Waals surface area contributed by atoms with Gasteiger partial charge in [0, 0.05) is 0 Å². The molecule has 0 atom stereocenters. The van der Waals surface area contributed by atoms with E-state index >= 15 is 0 Å². The minimum absolute atomic E-state index is 0. The Morgan fingerprint density at radius 2 is 0.955 bits per heavy atom. The first-order valence-electron chi connectivity index (χ1n) is 4.91. The molecule has 108 valence electrons. The van der Waals surface area contributed by atoms with E-state index < -0.39 is 41.5 Å². The van der Waals surface area contributed by atoms with Crippen LogP contribution < -0.4 is 59.1 Å². The van der Waals surface area contributed by atoms with Crippen molar-refractivity contribution in [2.75, 3.05) is 0 Å². The summed E-state index contributed by atoms with van der Waals surface area (Å²) in [7, 11) is -9.95. The van der Waals surface area contributed by atoms with Gasteiger partial charge < -0.3 is 19.3 Å². The first-order chi connectivity index (χ1) is 9.00. The molecule has 0 heterocycles. The van der Waals surface area contributed by atoms with Gasteiger partial charge in [-0.3, -0.25) is 0 Å². The molecule has 0 aromatic heterocycles. The van der Waals surface area contributed by atoms with E-state index in [1.165, 1.54) is 0 Å². The fraction of sp³-hybridized carbons (Fsp3) is 0. The number of hydrogen-bond acceptors (Lipinski definition) is 8. The average Bonchev–Trinajstić information content (AvgIpc) is 2.24. The van der Waals surface area contributed by atoms with Crippen molar-refractivity contribution in [1.82, 2.24) is 0 Å². The van der Waals surface area contributed by atoms with Crippen molar-refractivity contribution in [2.45, 2.75) is 9.79 Å². The molecule has 0 unspecified atom stereocenters. The van der Waals surface area contributed by atoms with Crippen LogP contribution in [0, 0.1) is 0 Å². The molecule has 0 aliphatic heterocycles. The summed E-state index contributed by atoms with van der Waals surface area (Å²) in [4.78, 5) is -1.91. The normalized spacial score (nSPS) is 11.5. The molecule has 22 heavy (non-hydrogen) atoms. The van der Waals surface area contributed by atoms with Crippen LogP contribution in [0.4, 0.5) is 0 Å². The maximum absolute atomic E-state index is 10.9. The summed E-state index contributed by atoms with van der Waals surface area (Å²) in [6.07, 6.45) is 0. The van der Waals surface area contributed by atoms with Gasteiger partial charge in [0.05, 0.1) is 9.79 Å². The topological polar surface area (TPSA) is 155 Å². The van der Waals surface area contributed by atoms with E-state index in [-0.39, 0.29) is 69.9 Å². The predicted molar refractivity (Wildman–Crippen MR) is 63.2 cm³/mol. The molecule has 12 heteroatoms. The zero-order valence-electron chi connectivity index (χ0n) is 11.5. The molecule has 0 fully saturated rings. The van der Waals surface area contributed by atoms with Crippen LogP contribution in [0.1, 0.15) is 0 Å². The summed E-state index contributed by atoms with van der Waals surface area (Å²) in [6.45, 7) is 0. The van der Waals surface area contributed by atoms with Crippen LogP contribution in [0.25, 0.3) is 10.8 Å². The van der Waals surface area contributed by atoms with Gasteiger partial charge in [0.1, 0.15) is 31.7 Å². The molecule has 0 amide bonds. The van der Waals surface area contributed by atoms with Crippen LogP contribution in [-0.4, -0.2) is 36.2 Å².